The van der Waals surface area contributed by atoms with Gasteiger partial charge in [0.25, 0.3) is 11.1 Å². The minimum atomic E-state index is -0.521. The van der Waals surface area contributed by atoms with Gasteiger partial charge < -0.3 is 23.9 Å². The number of amides is 1. The summed E-state index contributed by atoms with van der Waals surface area (Å²) in [6.45, 7) is 1.74. The van der Waals surface area contributed by atoms with Gasteiger partial charge in [0.2, 0.25) is 5.91 Å². The maximum absolute atomic E-state index is 12.9. The Hall–Kier alpha value is -3.27. The molecule has 2 aromatic carbocycles. The molecule has 158 valence electrons. The lowest BCUT2D eigenvalue weighted by molar-refractivity contribution is -0.115. The van der Waals surface area contributed by atoms with Crippen molar-refractivity contribution in [1.82, 2.24) is 10.2 Å². The van der Waals surface area contributed by atoms with Crippen LogP contribution in [0.3, 0.4) is 0 Å². The molecule has 0 fully saturated rings. The normalized spacial score (nSPS) is 11.6. The van der Waals surface area contributed by atoms with Crippen molar-refractivity contribution in [2.75, 3.05) is 19.5 Å². The molecule has 8 nitrogen and oxygen atoms in total. The third-order valence-corrected chi connectivity index (χ3v) is 4.87. The Morgan fingerprint density at radius 1 is 1.13 bits per heavy atom. The number of hydrogen-bond acceptors (Lipinski definition) is 8. The van der Waals surface area contributed by atoms with E-state index in [1.165, 1.54) is 31.4 Å². The molecule has 1 amide bonds. The SMILES string of the molecule is COc1ccc(OC)c(NC(=O)C(C)Sc2nnc(COc3ccc(F)cc3)o2)c1. The quantitative estimate of drug-likeness (QED) is 0.507. The lowest BCUT2D eigenvalue weighted by atomic mass is 10.2. The number of halogens is 1. The Morgan fingerprint density at radius 2 is 1.87 bits per heavy atom. The fourth-order valence-corrected chi connectivity index (χ4v) is 3.07. The van der Waals surface area contributed by atoms with Crippen molar-refractivity contribution < 1.29 is 27.8 Å². The molecule has 1 heterocycles. The number of nitrogens with zero attached hydrogens (tertiary/aromatic N) is 2. The molecular formula is C20H20FN3O5S. The highest BCUT2D eigenvalue weighted by molar-refractivity contribution is 8.00. The van der Waals surface area contributed by atoms with Gasteiger partial charge in [0.1, 0.15) is 23.1 Å². The molecule has 30 heavy (non-hydrogen) atoms. The first kappa shape index (κ1) is 21.4. The predicted molar refractivity (Wildman–Crippen MR) is 109 cm³/mol. The van der Waals surface area contributed by atoms with E-state index in [4.69, 9.17) is 18.6 Å². The van der Waals surface area contributed by atoms with Gasteiger partial charge in [0, 0.05) is 6.07 Å². The van der Waals surface area contributed by atoms with Crippen molar-refractivity contribution in [3.05, 3.63) is 54.2 Å². The molecule has 0 spiro atoms. The number of carbonyl (C=O) groups is 1. The van der Waals surface area contributed by atoms with Gasteiger partial charge >= 0.3 is 0 Å². The second-order valence-electron chi connectivity index (χ2n) is 6.02. The van der Waals surface area contributed by atoms with Crippen molar-refractivity contribution >= 4 is 23.4 Å². The van der Waals surface area contributed by atoms with Crippen LogP contribution in [0, 0.1) is 5.82 Å². The molecule has 0 saturated carbocycles. The smallest absolute Gasteiger partial charge is 0.277 e. The minimum Gasteiger partial charge on any atom is -0.497 e. The molecule has 0 aliphatic rings. The third kappa shape index (κ3) is 5.63. The van der Waals surface area contributed by atoms with E-state index in [1.807, 2.05) is 0 Å². The first-order valence-electron chi connectivity index (χ1n) is 8.88. The zero-order chi connectivity index (χ0) is 21.5. The van der Waals surface area contributed by atoms with Gasteiger partial charge in [-0.15, -0.1) is 10.2 Å². The average Bonchev–Trinajstić information content (AvgIpc) is 3.20. The van der Waals surface area contributed by atoms with Gasteiger partial charge in [0.15, 0.2) is 6.61 Å². The van der Waals surface area contributed by atoms with E-state index in [-0.39, 0.29) is 29.4 Å². The lowest BCUT2D eigenvalue weighted by Gasteiger charge is -2.14. The van der Waals surface area contributed by atoms with Crippen LogP contribution >= 0.6 is 11.8 Å². The van der Waals surface area contributed by atoms with Crippen molar-refractivity contribution in [1.29, 1.82) is 0 Å². The van der Waals surface area contributed by atoms with E-state index in [9.17, 15) is 9.18 Å². The van der Waals surface area contributed by atoms with Gasteiger partial charge in [-0.2, -0.15) is 0 Å². The number of thioether (sulfide) groups is 1. The van der Waals surface area contributed by atoms with Crippen LogP contribution in [0.2, 0.25) is 0 Å². The second kappa shape index (κ2) is 9.97. The van der Waals surface area contributed by atoms with Gasteiger partial charge in [-0.25, -0.2) is 4.39 Å². The van der Waals surface area contributed by atoms with Crippen molar-refractivity contribution in [2.24, 2.45) is 0 Å². The molecule has 1 N–H and O–H groups in total. The first-order chi connectivity index (χ1) is 14.5. The number of nitrogens with one attached hydrogen (secondary N) is 1. The fraction of sp³-hybridized carbons (Fsp3) is 0.250. The lowest BCUT2D eigenvalue weighted by Crippen LogP contribution is -2.22. The highest BCUT2D eigenvalue weighted by atomic mass is 32.2. The topological polar surface area (TPSA) is 95.7 Å². The van der Waals surface area contributed by atoms with Crippen LogP contribution in [0.25, 0.3) is 0 Å². The van der Waals surface area contributed by atoms with Crippen LogP contribution in [-0.2, 0) is 11.4 Å². The molecule has 0 saturated heterocycles. The standard InChI is InChI=1S/C20H20FN3O5S/c1-12(19(25)22-16-10-15(26-2)8-9-17(16)27-3)30-20-24-23-18(29-20)11-28-14-6-4-13(21)5-7-14/h4-10,12H,11H2,1-3H3,(H,22,25). The molecule has 0 radical (unpaired) electrons. The number of methoxy groups -OCH3 is 2. The first-order valence-corrected chi connectivity index (χ1v) is 9.76. The summed E-state index contributed by atoms with van der Waals surface area (Å²) in [6, 6.07) is 10.7. The van der Waals surface area contributed by atoms with Crippen LogP contribution in [0.4, 0.5) is 10.1 Å². The number of carbonyl (C=O) groups excluding carboxylic acids is 1. The molecule has 0 aliphatic heterocycles. The van der Waals surface area contributed by atoms with E-state index in [2.05, 4.69) is 15.5 Å². The molecule has 1 atom stereocenters. The molecule has 3 aromatic rings. The van der Waals surface area contributed by atoms with Gasteiger partial charge in [0.05, 0.1) is 25.2 Å². The second-order valence-corrected chi connectivity index (χ2v) is 7.31. The summed E-state index contributed by atoms with van der Waals surface area (Å²) in [5, 5.41) is 10.3. The number of aromatic nitrogens is 2. The third-order valence-electron chi connectivity index (χ3n) is 3.94. The zero-order valence-corrected chi connectivity index (χ0v) is 17.4. The Kier molecular flexibility index (Phi) is 7.12. The Labute approximate surface area is 176 Å². The van der Waals surface area contributed by atoms with E-state index < -0.39 is 5.25 Å². The van der Waals surface area contributed by atoms with E-state index >= 15 is 0 Å². The molecule has 1 aromatic heterocycles. The Balaban J connectivity index is 1.56. The van der Waals surface area contributed by atoms with Gasteiger partial charge in [-0.05, 0) is 43.3 Å². The summed E-state index contributed by atoms with van der Waals surface area (Å²) in [5.74, 6) is 1.20. The van der Waals surface area contributed by atoms with E-state index in [1.54, 1.807) is 32.2 Å². The van der Waals surface area contributed by atoms with Crippen LogP contribution in [0.15, 0.2) is 52.1 Å². The van der Waals surface area contributed by atoms with Gasteiger partial charge in [-0.3, -0.25) is 4.79 Å². The number of rotatable bonds is 9. The van der Waals surface area contributed by atoms with Crippen LogP contribution in [0.5, 0.6) is 17.2 Å². The maximum atomic E-state index is 12.9. The maximum Gasteiger partial charge on any atom is 0.277 e. The Bertz CT molecular complexity index is 996. The van der Waals surface area contributed by atoms with Crippen molar-refractivity contribution in [3.63, 3.8) is 0 Å². The van der Waals surface area contributed by atoms with Crippen molar-refractivity contribution in [2.45, 2.75) is 24.0 Å². The molecule has 0 aliphatic carbocycles. The van der Waals surface area contributed by atoms with Crippen LogP contribution < -0.4 is 19.5 Å². The summed E-state index contributed by atoms with van der Waals surface area (Å²) in [4.78, 5) is 12.6. The van der Waals surface area contributed by atoms with Crippen LogP contribution in [0.1, 0.15) is 12.8 Å². The van der Waals surface area contributed by atoms with Crippen molar-refractivity contribution in [3.8, 4) is 17.2 Å². The number of hydrogen-bond donors (Lipinski definition) is 1. The largest absolute Gasteiger partial charge is 0.497 e. The minimum absolute atomic E-state index is 0.0286. The summed E-state index contributed by atoms with van der Waals surface area (Å²) in [6.07, 6.45) is 0. The summed E-state index contributed by atoms with van der Waals surface area (Å²) in [7, 11) is 3.06. The zero-order valence-electron chi connectivity index (χ0n) is 16.5. The van der Waals surface area contributed by atoms with E-state index in [0.29, 0.717) is 22.9 Å². The number of anilines is 1. The molecular weight excluding hydrogens is 413 g/mol. The number of benzene rings is 2. The Morgan fingerprint density at radius 3 is 2.57 bits per heavy atom. The van der Waals surface area contributed by atoms with Crippen LogP contribution in [-0.4, -0.2) is 35.6 Å². The number of ether oxygens (including phenoxy) is 3. The summed E-state index contributed by atoms with van der Waals surface area (Å²) < 4.78 is 34.3. The predicted octanol–water partition coefficient (Wildman–Crippen LogP) is 3.92. The molecule has 3 rings (SSSR count). The monoisotopic (exact) mass is 433 g/mol. The average molecular weight is 433 g/mol. The summed E-state index contributed by atoms with van der Waals surface area (Å²) in [5.41, 5.74) is 0.494. The van der Waals surface area contributed by atoms with E-state index in [0.717, 1.165) is 11.8 Å². The molecule has 10 heteroatoms. The summed E-state index contributed by atoms with van der Waals surface area (Å²) >= 11 is 1.11. The molecule has 0 bridgehead atoms. The molecule has 1 unspecified atom stereocenters. The highest BCUT2D eigenvalue weighted by Gasteiger charge is 2.20. The fourth-order valence-electron chi connectivity index (χ4n) is 2.37. The highest BCUT2D eigenvalue weighted by Crippen LogP contribution is 2.30. The van der Waals surface area contributed by atoms with Gasteiger partial charge in [-0.1, -0.05) is 11.8 Å².